The van der Waals surface area contributed by atoms with E-state index < -0.39 is 6.10 Å². The molecule has 2 aromatic carbocycles. The lowest BCUT2D eigenvalue weighted by Gasteiger charge is -2.20. The Bertz CT molecular complexity index is 542. The van der Waals surface area contributed by atoms with Crippen molar-refractivity contribution >= 4 is 15.9 Å². The first kappa shape index (κ1) is 14.3. The Kier molecular flexibility index (Phi) is 4.75. The Morgan fingerprint density at radius 2 is 1.84 bits per heavy atom. The van der Waals surface area contributed by atoms with Crippen molar-refractivity contribution in [1.29, 1.82) is 0 Å². The van der Waals surface area contributed by atoms with Gasteiger partial charge in [0.1, 0.15) is 0 Å². The fourth-order valence-corrected chi connectivity index (χ4v) is 2.34. The van der Waals surface area contributed by atoms with Gasteiger partial charge in [0, 0.05) is 10.5 Å². The fraction of sp³-hybridized carbons (Fsp3) is 0.250. The van der Waals surface area contributed by atoms with E-state index in [1.807, 2.05) is 55.5 Å². The third-order valence-electron chi connectivity index (χ3n) is 3.24. The number of aliphatic hydroxyl groups is 1. The number of nitrogens with two attached hydrogens (primary N) is 1. The molecule has 0 spiro atoms. The van der Waals surface area contributed by atoms with Crippen LogP contribution in [0.15, 0.2) is 53.0 Å². The third kappa shape index (κ3) is 3.66. The molecule has 0 saturated heterocycles. The van der Waals surface area contributed by atoms with Gasteiger partial charge in [-0.3, -0.25) is 0 Å². The highest BCUT2D eigenvalue weighted by atomic mass is 79.9. The normalized spacial score (nSPS) is 14.1. The molecular weight excluding hydrogens is 302 g/mol. The van der Waals surface area contributed by atoms with Crippen LogP contribution in [0.3, 0.4) is 0 Å². The van der Waals surface area contributed by atoms with Gasteiger partial charge in [-0.05, 0) is 36.1 Å². The van der Waals surface area contributed by atoms with Gasteiger partial charge in [-0.15, -0.1) is 0 Å². The molecule has 0 bridgehead atoms. The van der Waals surface area contributed by atoms with Gasteiger partial charge >= 0.3 is 0 Å². The van der Waals surface area contributed by atoms with Gasteiger partial charge in [-0.1, -0.05) is 58.4 Å². The molecule has 2 atom stereocenters. The van der Waals surface area contributed by atoms with E-state index in [9.17, 15) is 5.11 Å². The van der Waals surface area contributed by atoms with E-state index in [1.165, 1.54) is 0 Å². The molecule has 2 aromatic rings. The second-order valence-corrected chi connectivity index (χ2v) is 5.66. The van der Waals surface area contributed by atoms with Crippen LogP contribution in [0.2, 0.25) is 0 Å². The van der Waals surface area contributed by atoms with Crippen LogP contribution in [0, 0.1) is 6.92 Å². The van der Waals surface area contributed by atoms with E-state index >= 15 is 0 Å². The number of aliphatic hydroxyl groups excluding tert-OH is 1. The van der Waals surface area contributed by atoms with Gasteiger partial charge < -0.3 is 10.8 Å². The van der Waals surface area contributed by atoms with Gasteiger partial charge in [0.2, 0.25) is 0 Å². The minimum absolute atomic E-state index is 0.303. The van der Waals surface area contributed by atoms with Crippen molar-refractivity contribution in [2.75, 3.05) is 0 Å². The van der Waals surface area contributed by atoms with Gasteiger partial charge in [-0.25, -0.2) is 0 Å². The van der Waals surface area contributed by atoms with Gasteiger partial charge in [-0.2, -0.15) is 0 Å². The Morgan fingerprint density at radius 1 is 1.16 bits per heavy atom. The predicted molar refractivity (Wildman–Crippen MR) is 82.0 cm³/mol. The van der Waals surface area contributed by atoms with E-state index in [2.05, 4.69) is 15.9 Å². The summed E-state index contributed by atoms with van der Waals surface area (Å²) in [5, 5.41) is 10.3. The van der Waals surface area contributed by atoms with E-state index in [-0.39, 0.29) is 6.04 Å². The van der Waals surface area contributed by atoms with Crippen LogP contribution in [0.4, 0.5) is 0 Å². The highest BCUT2D eigenvalue weighted by Crippen LogP contribution is 2.23. The summed E-state index contributed by atoms with van der Waals surface area (Å²) in [4.78, 5) is 0. The standard InChI is InChI=1S/C16H18BrNO/c1-11-9-13(7-8-14(11)17)16(19)15(18)10-12-5-3-2-4-6-12/h2-9,15-16,19H,10,18H2,1H3. The van der Waals surface area contributed by atoms with E-state index in [1.54, 1.807) is 0 Å². The fourth-order valence-electron chi connectivity index (χ4n) is 2.10. The quantitative estimate of drug-likeness (QED) is 0.907. The third-order valence-corrected chi connectivity index (χ3v) is 4.13. The molecule has 0 aliphatic rings. The molecule has 2 rings (SSSR count). The monoisotopic (exact) mass is 319 g/mol. The van der Waals surface area contributed by atoms with E-state index in [0.717, 1.165) is 21.2 Å². The number of halogens is 1. The number of rotatable bonds is 4. The number of hydrogen-bond donors (Lipinski definition) is 2. The van der Waals surface area contributed by atoms with Gasteiger partial charge in [0.15, 0.2) is 0 Å². The zero-order chi connectivity index (χ0) is 13.8. The Morgan fingerprint density at radius 3 is 2.47 bits per heavy atom. The predicted octanol–water partition coefficient (Wildman–Crippen LogP) is 3.36. The number of aryl methyl sites for hydroxylation is 1. The maximum atomic E-state index is 10.3. The molecule has 3 heteroatoms. The average Bonchev–Trinajstić information content (AvgIpc) is 2.42. The molecule has 2 nitrogen and oxygen atoms in total. The van der Waals surface area contributed by atoms with Crippen molar-refractivity contribution in [2.24, 2.45) is 5.73 Å². The molecule has 3 N–H and O–H groups in total. The smallest absolute Gasteiger partial charge is 0.0944 e. The van der Waals surface area contributed by atoms with Crippen molar-refractivity contribution in [3.8, 4) is 0 Å². The molecule has 2 unspecified atom stereocenters. The minimum atomic E-state index is -0.646. The number of benzene rings is 2. The molecule has 0 aliphatic carbocycles. The molecule has 100 valence electrons. The molecule has 0 aliphatic heterocycles. The second-order valence-electron chi connectivity index (χ2n) is 4.81. The zero-order valence-corrected chi connectivity index (χ0v) is 12.5. The molecule has 19 heavy (non-hydrogen) atoms. The van der Waals surface area contributed by atoms with E-state index in [0.29, 0.717) is 6.42 Å². The van der Waals surface area contributed by atoms with Crippen LogP contribution in [0.1, 0.15) is 22.8 Å². The van der Waals surface area contributed by atoms with Crippen LogP contribution in [-0.4, -0.2) is 11.1 Å². The van der Waals surface area contributed by atoms with Crippen LogP contribution >= 0.6 is 15.9 Å². The molecule has 0 aromatic heterocycles. The Hall–Kier alpha value is -1.16. The van der Waals surface area contributed by atoms with Crippen molar-refractivity contribution in [3.63, 3.8) is 0 Å². The van der Waals surface area contributed by atoms with Crippen molar-refractivity contribution in [2.45, 2.75) is 25.5 Å². The second kappa shape index (κ2) is 6.33. The molecule has 0 saturated carbocycles. The summed E-state index contributed by atoms with van der Waals surface area (Å²) in [6, 6.07) is 15.5. The lowest BCUT2D eigenvalue weighted by Crippen LogP contribution is -2.30. The lowest BCUT2D eigenvalue weighted by molar-refractivity contribution is 0.146. The topological polar surface area (TPSA) is 46.2 Å². The molecule has 0 amide bonds. The zero-order valence-electron chi connectivity index (χ0n) is 10.9. The van der Waals surface area contributed by atoms with Crippen LogP contribution in [-0.2, 0) is 6.42 Å². The average molecular weight is 320 g/mol. The number of hydrogen-bond acceptors (Lipinski definition) is 2. The maximum Gasteiger partial charge on any atom is 0.0944 e. The van der Waals surface area contributed by atoms with Crippen molar-refractivity contribution in [1.82, 2.24) is 0 Å². The molecule has 0 fully saturated rings. The van der Waals surface area contributed by atoms with Crippen LogP contribution in [0.25, 0.3) is 0 Å². The van der Waals surface area contributed by atoms with Crippen LogP contribution < -0.4 is 5.73 Å². The highest BCUT2D eigenvalue weighted by Gasteiger charge is 2.17. The summed E-state index contributed by atoms with van der Waals surface area (Å²) in [7, 11) is 0. The first-order valence-electron chi connectivity index (χ1n) is 6.31. The first-order valence-corrected chi connectivity index (χ1v) is 7.11. The largest absolute Gasteiger partial charge is 0.387 e. The first-order chi connectivity index (χ1) is 9.08. The summed E-state index contributed by atoms with van der Waals surface area (Å²) in [6.45, 7) is 2.00. The highest BCUT2D eigenvalue weighted by molar-refractivity contribution is 9.10. The van der Waals surface area contributed by atoms with Gasteiger partial charge in [0.25, 0.3) is 0 Å². The summed E-state index contributed by atoms with van der Waals surface area (Å²) in [6.07, 6.45) is 0.0175. The SMILES string of the molecule is Cc1cc(C(O)C(N)Cc2ccccc2)ccc1Br. The van der Waals surface area contributed by atoms with Crippen LogP contribution in [0.5, 0.6) is 0 Å². The molecule has 0 heterocycles. The van der Waals surface area contributed by atoms with E-state index in [4.69, 9.17) is 5.73 Å². The summed E-state index contributed by atoms with van der Waals surface area (Å²) in [5.74, 6) is 0. The van der Waals surface area contributed by atoms with Crippen molar-refractivity contribution < 1.29 is 5.11 Å². The van der Waals surface area contributed by atoms with Crippen molar-refractivity contribution in [3.05, 3.63) is 69.7 Å². The Balaban J connectivity index is 2.10. The van der Waals surface area contributed by atoms with Gasteiger partial charge in [0.05, 0.1) is 6.10 Å². The summed E-state index contributed by atoms with van der Waals surface area (Å²) >= 11 is 3.46. The Labute approximate surface area is 122 Å². The minimum Gasteiger partial charge on any atom is -0.387 e. The lowest BCUT2D eigenvalue weighted by atomic mass is 9.96. The molecular formula is C16H18BrNO. The molecule has 0 radical (unpaired) electrons. The summed E-state index contributed by atoms with van der Waals surface area (Å²) in [5.41, 5.74) is 9.21. The summed E-state index contributed by atoms with van der Waals surface area (Å²) < 4.78 is 1.04. The maximum absolute atomic E-state index is 10.3.